The molecule has 0 atom stereocenters. The molecule has 112 valence electrons. The third-order valence-electron chi connectivity index (χ3n) is 3.55. The van der Waals surface area contributed by atoms with Crippen LogP contribution in [0.2, 0.25) is 0 Å². The lowest BCUT2D eigenvalue weighted by molar-refractivity contribution is 0.468. The molecular weight excluding hydrogens is 260 g/mol. The van der Waals surface area contributed by atoms with Crippen LogP contribution in [0.15, 0.2) is 30.5 Å². The maximum absolute atomic E-state index is 6.18. The van der Waals surface area contributed by atoms with Gasteiger partial charge in [0.2, 0.25) is 0 Å². The van der Waals surface area contributed by atoms with Crippen molar-refractivity contribution < 1.29 is 4.74 Å². The van der Waals surface area contributed by atoms with E-state index >= 15 is 0 Å². The number of nitrogens with one attached hydrogen (secondary N) is 1. The zero-order valence-electron chi connectivity index (χ0n) is 13.5. The van der Waals surface area contributed by atoms with E-state index in [2.05, 4.69) is 49.3 Å². The molecule has 0 saturated carbocycles. The second-order valence-corrected chi connectivity index (χ2v) is 5.75. The number of aryl methyl sites for hydroxylation is 2. The summed E-state index contributed by atoms with van der Waals surface area (Å²) in [5.74, 6) is 2.29. The van der Waals surface area contributed by atoms with Gasteiger partial charge in [0.15, 0.2) is 0 Å². The van der Waals surface area contributed by atoms with Gasteiger partial charge in [0.25, 0.3) is 0 Å². The van der Waals surface area contributed by atoms with Gasteiger partial charge in [0.05, 0.1) is 0 Å². The predicted octanol–water partition coefficient (Wildman–Crippen LogP) is 4.33. The molecule has 1 N–H and O–H groups in total. The Labute approximate surface area is 127 Å². The maximum atomic E-state index is 6.18. The molecule has 1 aromatic heterocycles. The summed E-state index contributed by atoms with van der Waals surface area (Å²) in [5, 5.41) is 3.15. The van der Waals surface area contributed by atoms with Crippen molar-refractivity contribution >= 4 is 0 Å². The summed E-state index contributed by atoms with van der Waals surface area (Å²) in [6.45, 7) is 9.18. The Hall–Kier alpha value is -1.87. The van der Waals surface area contributed by atoms with Crippen molar-refractivity contribution in [3.05, 3.63) is 52.8 Å². The van der Waals surface area contributed by atoms with Crippen LogP contribution in [0, 0.1) is 13.8 Å². The fraction of sp³-hybridized carbons (Fsp3) is 0.389. The first-order valence-corrected chi connectivity index (χ1v) is 7.39. The summed E-state index contributed by atoms with van der Waals surface area (Å²) in [6, 6.07) is 8.42. The Kier molecular flexibility index (Phi) is 4.97. The van der Waals surface area contributed by atoms with Crippen LogP contribution >= 0.6 is 0 Å². The Morgan fingerprint density at radius 2 is 1.90 bits per heavy atom. The Morgan fingerprint density at radius 1 is 1.14 bits per heavy atom. The number of aromatic nitrogens is 1. The maximum Gasteiger partial charge on any atom is 0.135 e. The van der Waals surface area contributed by atoms with Crippen LogP contribution in [0.25, 0.3) is 0 Å². The van der Waals surface area contributed by atoms with Crippen molar-refractivity contribution in [1.29, 1.82) is 0 Å². The van der Waals surface area contributed by atoms with Gasteiger partial charge in [-0.25, -0.2) is 0 Å². The molecule has 3 heteroatoms. The van der Waals surface area contributed by atoms with Crippen LogP contribution < -0.4 is 10.1 Å². The van der Waals surface area contributed by atoms with E-state index in [1.165, 1.54) is 5.56 Å². The first-order chi connectivity index (χ1) is 10.0. The van der Waals surface area contributed by atoms with E-state index in [9.17, 15) is 0 Å². The first kappa shape index (κ1) is 15.5. The van der Waals surface area contributed by atoms with Gasteiger partial charge in [-0.05, 0) is 44.0 Å². The van der Waals surface area contributed by atoms with Gasteiger partial charge >= 0.3 is 0 Å². The van der Waals surface area contributed by atoms with E-state index in [4.69, 9.17) is 4.74 Å². The fourth-order valence-corrected chi connectivity index (χ4v) is 2.19. The number of hydrogen-bond acceptors (Lipinski definition) is 3. The molecule has 1 aromatic carbocycles. The highest BCUT2D eigenvalue weighted by atomic mass is 16.5. The van der Waals surface area contributed by atoms with Gasteiger partial charge in [0.1, 0.15) is 11.5 Å². The molecule has 0 aliphatic heterocycles. The molecule has 0 aliphatic rings. The van der Waals surface area contributed by atoms with Crippen LogP contribution in [0.3, 0.4) is 0 Å². The molecule has 21 heavy (non-hydrogen) atoms. The Balaban J connectivity index is 2.37. The van der Waals surface area contributed by atoms with Crippen LogP contribution in [-0.4, -0.2) is 12.0 Å². The second kappa shape index (κ2) is 6.72. The smallest absolute Gasteiger partial charge is 0.135 e. The monoisotopic (exact) mass is 284 g/mol. The van der Waals surface area contributed by atoms with Crippen molar-refractivity contribution in [2.45, 2.75) is 40.2 Å². The van der Waals surface area contributed by atoms with Gasteiger partial charge in [-0.15, -0.1) is 0 Å². The van der Waals surface area contributed by atoms with Crippen LogP contribution in [0.5, 0.6) is 11.5 Å². The Morgan fingerprint density at radius 3 is 2.57 bits per heavy atom. The predicted molar refractivity (Wildman–Crippen MR) is 87.1 cm³/mol. The summed E-state index contributed by atoms with van der Waals surface area (Å²) >= 11 is 0. The van der Waals surface area contributed by atoms with Crippen molar-refractivity contribution in [1.82, 2.24) is 10.3 Å². The van der Waals surface area contributed by atoms with Crippen LogP contribution in [0.4, 0.5) is 0 Å². The number of hydrogen-bond donors (Lipinski definition) is 1. The largest absolute Gasteiger partial charge is 0.457 e. The lowest BCUT2D eigenvalue weighted by Crippen LogP contribution is -2.07. The SMILES string of the molecule is CNCc1cnc(C)cc1Oc1cc(C(C)C)ccc1C. The quantitative estimate of drug-likeness (QED) is 0.887. The topological polar surface area (TPSA) is 34.2 Å². The average molecular weight is 284 g/mol. The highest BCUT2D eigenvalue weighted by Gasteiger charge is 2.10. The van der Waals surface area contributed by atoms with Gasteiger partial charge in [-0.2, -0.15) is 0 Å². The van der Waals surface area contributed by atoms with Crippen molar-refractivity contribution in [3.63, 3.8) is 0 Å². The van der Waals surface area contributed by atoms with Gasteiger partial charge < -0.3 is 10.1 Å². The molecule has 0 aliphatic carbocycles. The van der Waals surface area contributed by atoms with Gasteiger partial charge in [-0.1, -0.05) is 26.0 Å². The number of benzene rings is 1. The molecular formula is C18H24N2O. The summed E-state index contributed by atoms with van der Waals surface area (Å²) in [7, 11) is 1.92. The van der Waals surface area contributed by atoms with E-state index in [-0.39, 0.29) is 0 Å². The van der Waals surface area contributed by atoms with Crippen LogP contribution in [-0.2, 0) is 6.54 Å². The van der Waals surface area contributed by atoms with Crippen molar-refractivity contribution in [3.8, 4) is 11.5 Å². The highest BCUT2D eigenvalue weighted by molar-refractivity contribution is 5.43. The second-order valence-electron chi connectivity index (χ2n) is 5.75. The molecule has 0 saturated heterocycles. The zero-order chi connectivity index (χ0) is 15.4. The van der Waals surface area contributed by atoms with Gasteiger partial charge in [0, 0.05) is 30.1 Å². The van der Waals surface area contributed by atoms with Gasteiger partial charge in [-0.3, -0.25) is 4.98 Å². The molecule has 0 amide bonds. The van der Waals surface area contributed by atoms with E-state index in [0.717, 1.165) is 34.9 Å². The lowest BCUT2D eigenvalue weighted by Gasteiger charge is -2.15. The van der Waals surface area contributed by atoms with Crippen molar-refractivity contribution in [2.24, 2.45) is 0 Å². The molecule has 0 unspecified atom stereocenters. The zero-order valence-corrected chi connectivity index (χ0v) is 13.5. The van der Waals surface area contributed by atoms with E-state index in [0.29, 0.717) is 5.92 Å². The molecule has 2 aromatic rings. The van der Waals surface area contributed by atoms with Crippen LogP contribution in [0.1, 0.15) is 42.1 Å². The minimum atomic E-state index is 0.490. The molecule has 2 rings (SSSR count). The molecule has 3 nitrogen and oxygen atoms in total. The molecule has 0 spiro atoms. The van der Waals surface area contributed by atoms with E-state index < -0.39 is 0 Å². The first-order valence-electron chi connectivity index (χ1n) is 7.39. The molecule has 1 heterocycles. The summed E-state index contributed by atoms with van der Waals surface area (Å²) in [4.78, 5) is 4.35. The average Bonchev–Trinajstić information content (AvgIpc) is 2.44. The lowest BCUT2D eigenvalue weighted by atomic mass is 10.0. The number of rotatable bonds is 5. The summed E-state index contributed by atoms with van der Waals surface area (Å²) in [6.07, 6.45) is 1.88. The minimum absolute atomic E-state index is 0.490. The third kappa shape index (κ3) is 3.82. The third-order valence-corrected chi connectivity index (χ3v) is 3.55. The number of ether oxygens (including phenoxy) is 1. The Bertz CT molecular complexity index is 621. The minimum Gasteiger partial charge on any atom is -0.457 e. The van der Waals surface area contributed by atoms with E-state index in [1.807, 2.05) is 26.2 Å². The highest BCUT2D eigenvalue weighted by Crippen LogP contribution is 2.30. The van der Waals surface area contributed by atoms with Crippen molar-refractivity contribution in [2.75, 3.05) is 7.05 Å². The molecule has 0 radical (unpaired) electrons. The fourth-order valence-electron chi connectivity index (χ4n) is 2.19. The number of nitrogens with zero attached hydrogens (tertiary/aromatic N) is 1. The van der Waals surface area contributed by atoms with E-state index in [1.54, 1.807) is 0 Å². The molecule has 0 bridgehead atoms. The number of pyridine rings is 1. The normalized spacial score (nSPS) is 11.0. The summed E-state index contributed by atoms with van der Waals surface area (Å²) in [5.41, 5.74) is 4.46. The molecule has 0 fully saturated rings. The summed E-state index contributed by atoms with van der Waals surface area (Å²) < 4.78 is 6.18. The standard InChI is InChI=1S/C18H24N2O/c1-12(2)15-7-6-13(3)17(9-15)21-18-8-14(4)20-11-16(18)10-19-5/h6-9,11-12,19H,10H2,1-5H3.